The molecule has 2 aliphatic heterocycles. The number of thioether (sulfide) groups is 1. The van der Waals surface area contributed by atoms with Gasteiger partial charge in [0.1, 0.15) is 5.75 Å². The SMILES string of the molecule is C[C@H](Oc1ccccc1)C(=O)N=C1S[C@@H]2CS(=O)(=O)C[C@@H]2N1c1ccccc1. The Hall–Kier alpha value is -2.32. The molecule has 0 N–H and O–H groups in total. The first-order valence-corrected chi connectivity index (χ1v) is 11.7. The van der Waals surface area contributed by atoms with E-state index in [9.17, 15) is 13.2 Å². The average molecular weight is 417 g/mol. The Morgan fingerprint density at radius 3 is 2.43 bits per heavy atom. The molecule has 2 aliphatic rings. The minimum absolute atomic E-state index is 0.0723. The van der Waals surface area contributed by atoms with Crippen molar-refractivity contribution in [2.75, 3.05) is 16.4 Å². The van der Waals surface area contributed by atoms with Crippen molar-refractivity contribution in [1.29, 1.82) is 0 Å². The number of carbonyl (C=O) groups excluding carboxylic acids is 1. The quantitative estimate of drug-likeness (QED) is 0.763. The maximum absolute atomic E-state index is 12.7. The largest absolute Gasteiger partial charge is 0.481 e. The maximum Gasteiger partial charge on any atom is 0.288 e. The predicted octanol–water partition coefficient (Wildman–Crippen LogP) is 2.76. The van der Waals surface area contributed by atoms with E-state index in [1.807, 2.05) is 53.4 Å². The molecule has 3 atom stereocenters. The average Bonchev–Trinajstić information content (AvgIpc) is 3.13. The molecule has 0 radical (unpaired) electrons. The van der Waals surface area contributed by atoms with Crippen molar-refractivity contribution in [3.63, 3.8) is 0 Å². The standard InChI is InChI=1S/C20H20N2O4S2/c1-14(26-16-10-6-3-7-11-16)19(23)21-20-22(15-8-4-2-5-9-15)17-12-28(24,25)13-18(17)27-20/h2-11,14,17-18H,12-13H2,1H3/t14-,17-,18+/m0/s1. The summed E-state index contributed by atoms with van der Waals surface area (Å²) in [6, 6.07) is 18.4. The first-order valence-electron chi connectivity index (χ1n) is 8.98. The van der Waals surface area contributed by atoms with Crippen LogP contribution in [0, 0.1) is 0 Å². The highest BCUT2D eigenvalue weighted by molar-refractivity contribution is 8.16. The highest BCUT2D eigenvalue weighted by Gasteiger charge is 2.49. The summed E-state index contributed by atoms with van der Waals surface area (Å²) in [5, 5.41) is 0.409. The molecular weight excluding hydrogens is 396 g/mol. The molecular formula is C20H20N2O4S2. The van der Waals surface area contributed by atoms with Crippen LogP contribution in [0.2, 0.25) is 0 Å². The Labute approximate surface area is 168 Å². The van der Waals surface area contributed by atoms with Gasteiger partial charge in [-0.1, -0.05) is 48.2 Å². The number of amidine groups is 1. The summed E-state index contributed by atoms with van der Waals surface area (Å²) in [5.41, 5.74) is 0.836. The molecule has 4 rings (SSSR count). The third-order valence-corrected chi connectivity index (χ3v) is 7.92. The lowest BCUT2D eigenvalue weighted by molar-refractivity contribution is -0.123. The number of aliphatic imine (C=N–C) groups is 1. The Balaban J connectivity index is 1.59. The second-order valence-corrected chi connectivity index (χ2v) is 10.2. The van der Waals surface area contributed by atoms with Gasteiger partial charge in [-0.25, -0.2) is 8.42 Å². The van der Waals surface area contributed by atoms with Crippen molar-refractivity contribution in [1.82, 2.24) is 0 Å². The van der Waals surface area contributed by atoms with Gasteiger partial charge >= 0.3 is 0 Å². The molecule has 2 aromatic carbocycles. The van der Waals surface area contributed by atoms with Crippen molar-refractivity contribution >= 4 is 38.4 Å². The Bertz CT molecular complexity index is 993. The molecule has 0 aliphatic carbocycles. The molecule has 0 saturated carbocycles. The van der Waals surface area contributed by atoms with Gasteiger partial charge in [0, 0.05) is 10.9 Å². The van der Waals surface area contributed by atoms with Crippen LogP contribution in [0.15, 0.2) is 65.7 Å². The highest BCUT2D eigenvalue weighted by Crippen LogP contribution is 2.40. The third kappa shape index (κ3) is 3.93. The van der Waals surface area contributed by atoms with Crippen molar-refractivity contribution in [3.8, 4) is 5.75 Å². The van der Waals surface area contributed by atoms with E-state index in [4.69, 9.17) is 4.74 Å². The Morgan fingerprint density at radius 1 is 1.11 bits per heavy atom. The summed E-state index contributed by atoms with van der Waals surface area (Å²) < 4.78 is 29.9. The number of ether oxygens (including phenoxy) is 1. The van der Waals surface area contributed by atoms with E-state index in [1.54, 1.807) is 19.1 Å². The Kier molecular flexibility index (Phi) is 5.16. The van der Waals surface area contributed by atoms with E-state index in [1.165, 1.54) is 11.8 Å². The lowest BCUT2D eigenvalue weighted by Gasteiger charge is -2.24. The predicted molar refractivity (Wildman–Crippen MR) is 112 cm³/mol. The highest BCUT2D eigenvalue weighted by atomic mass is 32.2. The lowest BCUT2D eigenvalue weighted by Crippen LogP contribution is -2.38. The summed E-state index contributed by atoms with van der Waals surface area (Å²) in [5.74, 6) is 0.387. The normalized spacial score (nSPS) is 25.5. The monoisotopic (exact) mass is 416 g/mol. The molecule has 8 heteroatoms. The van der Waals surface area contributed by atoms with Crippen LogP contribution in [0.1, 0.15) is 6.92 Å². The smallest absolute Gasteiger partial charge is 0.288 e. The van der Waals surface area contributed by atoms with E-state index < -0.39 is 21.8 Å². The summed E-state index contributed by atoms with van der Waals surface area (Å²) in [4.78, 5) is 18.8. The fraction of sp³-hybridized carbons (Fsp3) is 0.300. The molecule has 2 fully saturated rings. The molecule has 2 heterocycles. The molecule has 146 valence electrons. The second kappa shape index (κ2) is 7.60. The molecule has 0 spiro atoms. The molecule has 1 amide bonds. The number of hydrogen-bond donors (Lipinski definition) is 0. The maximum atomic E-state index is 12.7. The number of para-hydroxylation sites is 2. The summed E-state index contributed by atoms with van der Waals surface area (Å²) in [6.07, 6.45) is -0.739. The van der Waals surface area contributed by atoms with Crippen LogP contribution in [-0.4, -0.2) is 48.4 Å². The minimum Gasteiger partial charge on any atom is -0.481 e. The van der Waals surface area contributed by atoms with Crippen LogP contribution >= 0.6 is 11.8 Å². The van der Waals surface area contributed by atoms with E-state index in [0.717, 1.165) is 5.69 Å². The van der Waals surface area contributed by atoms with Gasteiger partial charge in [-0.05, 0) is 31.2 Å². The van der Waals surface area contributed by atoms with Crippen molar-refractivity contribution in [2.45, 2.75) is 24.3 Å². The zero-order chi connectivity index (χ0) is 19.7. The first kappa shape index (κ1) is 19.0. The number of rotatable bonds is 4. The van der Waals surface area contributed by atoms with Gasteiger partial charge in [0.25, 0.3) is 5.91 Å². The second-order valence-electron chi connectivity index (χ2n) is 6.81. The van der Waals surface area contributed by atoms with Crippen LogP contribution < -0.4 is 9.64 Å². The zero-order valence-electron chi connectivity index (χ0n) is 15.3. The van der Waals surface area contributed by atoms with Gasteiger partial charge in [-0.3, -0.25) is 4.79 Å². The van der Waals surface area contributed by atoms with E-state index >= 15 is 0 Å². The number of benzene rings is 2. The fourth-order valence-corrected chi connectivity index (χ4v) is 7.31. The van der Waals surface area contributed by atoms with Gasteiger partial charge in [0.2, 0.25) is 0 Å². The van der Waals surface area contributed by atoms with Gasteiger partial charge in [0.05, 0.1) is 17.5 Å². The molecule has 0 bridgehead atoms. The molecule has 0 unspecified atom stereocenters. The fourth-order valence-electron chi connectivity index (χ4n) is 3.39. The minimum atomic E-state index is -3.08. The number of hydrogen-bond acceptors (Lipinski definition) is 5. The van der Waals surface area contributed by atoms with Gasteiger partial charge in [-0.15, -0.1) is 0 Å². The molecule has 2 aromatic rings. The van der Waals surface area contributed by atoms with Crippen molar-refractivity contribution < 1.29 is 17.9 Å². The van der Waals surface area contributed by atoms with Crippen LogP contribution in [0.5, 0.6) is 5.75 Å². The van der Waals surface area contributed by atoms with E-state index in [2.05, 4.69) is 4.99 Å². The summed E-state index contributed by atoms with van der Waals surface area (Å²) in [7, 11) is -3.08. The van der Waals surface area contributed by atoms with E-state index in [-0.39, 0.29) is 22.8 Å². The molecule has 2 saturated heterocycles. The third-order valence-electron chi connectivity index (χ3n) is 4.71. The number of carbonyl (C=O) groups is 1. The van der Waals surface area contributed by atoms with Gasteiger partial charge in [0.15, 0.2) is 21.1 Å². The van der Waals surface area contributed by atoms with Crippen LogP contribution in [0.3, 0.4) is 0 Å². The van der Waals surface area contributed by atoms with E-state index in [0.29, 0.717) is 10.9 Å². The molecule has 28 heavy (non-hydrogen) atoms. The number of amides is 1. The molecule has 6 nitrogen and oxygen atoms in total. The molecule has 0 aromatic heterocycles. The van der Waals surface area contributed by atoms with Crippen LogP contribution in [0.4, 0.5) is 5.69 Å². The topological polar surface area (TPSA) is 76.0 Å². The van der Waals surface area contributed by atoms with Crippen molar-refractivity contribution in [2.24, 2.45) is 4.99 Å². The Morgan fingerprint density at radius 2 is 1.75 bits per heavy atom. The zero-order valence-corrected chi connectivity index (χ0v) is 16.9. The number of anilines is 1. The van der Waals surface area contributed by atoms with Crippen molar-refractivity contribution in [3.05, 3.63) is 60.7 Å². The summed E-state index contributed by atoms with van der Waals surface area (Å²) in [6.45, 7) is 1.66. The number of nitrogens with zero attached hydrogens (tertiary/aromatic N) is 2. The van der Waals surface area contributed by atoms with Gasteiger partial charge in [-0.2, -0.15) is 4.99 Å². The van der Waals surface area contributed by atoms with Crippen LogP contribution in [-0.2, 0) is 14.6 Å². The van der Waals surface area contributed by atoms with Gasteiger partial charge < -0.3 is 9.64 Å². The number of fused-ring (bicyclic) bond motifs is 1. The lowest BCUT2D eigenvalue weighted by atomic mass is 10.2. The summed E-state index contributed by atoms with van der Waals surface area (Å²) >= 11 is 1.36. The first-order chi connectivity index (χ1) is 13.4. The number of sulfone groups is 1. The van der Waals surface area contributed by atoms with Crippen LogP contribution in [0.25, 0.3) is 0 Å².